The number of hydrogen-bond donors (Lipinski definition) is 4. The summed E-state index contributed by atoms with van der Waals surface area (Å²) in [6.07, 6.45) is 3.73. The Balaban J connectivity index is 1.30. The number of rotatable bonds is 0. The molecule has 4 saturated carbocycles. The minimum Gasteiger partial charge on any atom is -0.392 e. The van der Waals surface area contributed by atoms with Crippen LogP contribution in [0.25, 0.3) is 0 Å². The normalized spacial score (nSPS) is 64.7. The zero-order chi connectivity index (χ0) is 23.6. The van der Waals surface area contributed by atoms with E-state index in [0.29, 0.717) is 36.0 Å². The molecule has 0 bridgehead atoms. The molecule has 0 aromatic carbocycles. The molecule has 4 N–H and O–H groups in total. The molecule has 4 aliphatic carbocycles. The third-order valence-electron chi connectivity index (χ3n) is 12.3. The van der Waals surface area contributed by atoms with Gasteiger partial charge >= 0.3 is 0 Å². The van der Waals surface area contributed by atoms with E-state index in [1.54, 1.807) is 0 Å². The minimum absolute atomic E-state index is 0.134. The summed E-state index contributed by atoms with van der Waals surface area (Å²) >= 11 is 0. The average Bonchev–Trinajstić information content (AvgIpc) is 3.22. The molecule has 2 aliphatic heterocycles. The van der Waals surface area contributed by atoms with Gasteiger partial charge in [0, 0.05) is 24.2 Å². The van der Waals surface area contributed by atoms with Gasteiger partial charge in [-0.1, -0.05) is 27.7 Å². The molecule has 1 spiro atoms. The predicted molar refractivity (Wildman–Crippen MR) is 122 cm³/mol. The summed E-state index contributed by atoms with van der Waals surface area (Å²) in [5, 5.41) is 44.0. The summed E-state index contributed by atoms with van der Waals surface area (Å²) in [4.78, 5) is 0. The molecule has 6 fully saturated rings. The Morgan fingerprint density at radius 2 is 1.64 bits per heavy atom. The number of aliphatic hydroxyl groups excluding tert-OH is 3. The van der Waals surface area contributed by atoms with Gasteiger partial charge in [0.25, 0.3) is 0 Å². The fourth-order valence-electron chi connectivity index (χ4n) is 10.4. The molecule has 0 amide bonds. The van der Waals surface area contributed by atoms with Crippen molar-refractivity contribution in [2.24, 2.45) is 46.3 Å². The second-order valence-corrected chi connectivity index (χ2v) is 13.4. The van der Waals surface area contributed by atoms with Crippen LogP contribution in [0.1, 0.15) is 79.1 Å². The van der Waals surface area contributed by atoms with Gasteiger partial charge < -0.3 is 29.9 Å². The van der Waals surface area contributed by atoms with Crippen molar-refractivity contribution < 1.29 is 29.9 Å². The molecular formula is C27H44O6. The molecule has 0 aromatic heterocycles. The van der Waals surface area contributed by atoms with Crippen LogP contribution in [0.4, 0.5) is 0 Å². The minimum atomic E-state index is -1.44. The Labute approximate surface area is 198 Å². The lowest BCUT2D eigenvalue weighted by Gasteiger charge is -2.66. The van der Waals surface area contributed by atoms with Gasteiger partial charge in [-0.25, -0.2) is 0 Å². The van der Waals surface area contributed by atoms with Gasteiger partial charge in [0.15, 0.2) is 5.79 Å². The molecule has 0 aromatic rings. The first-order chi connectivity index (χ1) is 15.5. The Bertz CT molecular complexity index is 795. The number of ether oxygens (including phenoxy) is 2. The maximum atomic E-state index is 11.7. The van der Waals surface area contributed by atoms with Crippen molar-refractivity contribution in [3.63, 3.8) is 0 Å². The lowest BCUT2D eigenvalue weighted by molar-refractivity contribution is -0.301. The lowest BCUT2D eigenvalue weighted by Crippen LogP contribution is -2.73. The fourth-order valence-corrected chi connectivity index (χ4v) is 10.4. The van der Waals surface area contributed by atoms with E-state index in [4.69, 9.17) is 9.47 Å². The van der Waals surface area contributed by atoms with Crippen LogP contribution >= 0.6 is 0 Å². The standard InChI is InChI=1S/C27H44O6/c1-14-5-10-27(32-13-14)15(2)22-20(33-27)11-18-16-6-9-26(31)23(30)19(28)12-21(29)25(26,4)17(16)7-8-24(18,22)3/h14-23,28-31H,5-13H2,1-4H3. The van der Waals surface area contributed by atoms with Crippen LogP contribution in [0.5, 0.6) is 0 Å². The second kappa shape index (κ2) is 7.17. The molecule has 14 unspecified atom stereocenters. The summed E-state index contributed by atoms with van der Waals surface area (Å²) in [5.74, 6) is 2.07. The van der Waals surface area contributed by atoms with Gasteiger partial charge in [-0.15, -0.1) is 0 Å². The fraction of sp³-hybridized carbons (Fsp3) is 1.00. The Kier molecular flexibility index (Phi) is 5.03. The van der Waals surface area contributed by atoms with E-state index in [2.05, 4.69) is 20.8 Å². The van der Waals surface area contributed by atoms with Crippen molar-refractivity contribution in [1.29, 1.82) is 0 Å². The largest absolute Gasteiger partial charge is 0.392 e. The summed E-state index contributed by atoms with van der Waals surface area (Å²) in [6, 6.07) is 0. The molecule has 0 radical (unpaired) electrons. The van der Waals surface area contributed by atoms with Crippen molar-refractivity contribution in [2.45, 2.75) is 115 Å². The van der Waals surface area contributed by atoms with Crippen molar-refractivity contribution in [2.75, 3.05) is 6.61 Å². The highest BCUT2D eigenvalue weighted by atomic mass is 16.7. The van der Waals surface area contributed by atoms with Crippen molar-refractivity contribution >= 4 is 0 Å². The summed E-state index contributed by atoms with van der Waals surface area (Å²) in [6.45, 7) is 9.85. The summed E-state index contributed by atoms with van der Waals surface area (Å²) in [5.41, 5.74) is -2.07. The van der Waals surface area contributed by atoms with Gasteiger partial charge in [0.2, 0.25) is 0 Å². The predicted octanol–water partition coefficient (Wildman–Crippen LogP) is 2.85. The molecule has 6 nitrogen and oxygen atoms in total. The van der Waals surface area contributed by atoms with E-state index in [-0.39, 0.29) is 23.9 Å². The van der Waals surface area contributed by atoms with Crippen molar-refractivity contribution in [3.8, 4) is 0 Å². The smallest absolute Gasteiger partial charge is 0.171 e. The zero-order valence-electron chi connectivity index (χ0n) is 20.7. The Morgan fingerprint density at radius 1 is 0.879 bits per heavy atom. The van der Waals surface area contributed by atoms with Crippen LogP contribution in [-0.4, -0.2) is 62.8 Å². The monoisotopic (exact) mass is 464 g/mol. The average molecular weight is 465 g/mol. The molecule has 14 atom stereocenters. The van der Waals surface area contributed by atoms with E-state index in [9.17, 15) is 20.4 Å². The molecule has 33 heavy (non-hydrogen) atoms. The van der Waals surface area contributed by atoms with Gasteiger partial charge in [0.1, 0.15) is 11.7 Å². The molecule has 6 heteroatoms. The molecule has 6 rings (SSSR count). The van der Waals surface area contributed by atoms with Crippen LogP contribution in [0.2, 0.25) is 0 Å². The Hall–Kier alpha value is -0.240. The highest BCUT2D eigenvalue weighted by molar-refractivity contribution is 5.21. The first-order valence-electron chi connectivity index (χ1n) is 13.6. The molecule has 6 aliphatic rings. The highest BCUT2D eigenvalue weighted by Gasteiger charge is 2.73. The molecule has 2 saturated heterocycles. The highest BCUT2D eigenvalue weighted by Crippen LogP contribution is 2.71. The van der Waals surface area contributed by atoms with E-state index in [0.717, 1.165) is 45.1 Å². The van der Waals surface area contributed by atoms with Crippen molar-refractivity contribution in [1.82, 2.24) is 0 Å². The van der Waals surface area contributed by atoms with E-state index in [1.807, 2.05) is 6.92 Å². The molecule has 2 heterocycles. The zero-order valence-corrected chi connectivity index (χ0v) is 20.7. The summed E-state index contributed by atoms with van der Waals surface area (Å²) < 4.78 is 13.2. The van der Waals surface area contributed by atoms with Crippen LogP contribution in [-0.2, 0) is 9.47 Å². The van der Waals surface area contributed by atoms with Crippen LogP contribution in [0, 0.1) is 46.3 Å². The van der Waals surface area contributed by atoms with Gasteiger partial charge in [-0.2, -0.15) is 0 Å². The van der Waals surface area contributed by atoms with Crippen LogP contribution < -0.4 is 0 Å². The quantitative estimate of drug-likeness (QED) is 0.440. The van der Waals surface area contributed by atoms with E-state index < -0.39 is 35.1 Å². The second-order valence-electron chi connectivity index (χ2n) is 13.4. The third-order valence-corrected chi connectivity index (χ3v) is 12.3. The first-order valence-corrected chi connectivity index (χ1v) is 13.6. The maximum absolute atomic E-state index is 11.7. The van der Waals surface area contributed by atoms with E-state index in [1.165, 1.54) is 0 Å². The summed E-state index contributed by atoms with van der Waals surface area (Å²) in [7, 11) is 0. The topological polar surface area (TPSA) is 99.4 Å². The molecular weight excluding hydrogens is 420 g/mol. The number of aliphatic hydroxyl groups is 4. The van der Waals surface area contributed by atoms with E-state index >= 15 is 0 Å². The third kappa shape index (κ3) is 2.72. The van der Waals surface area contributed by atoms with Crippen LogP contribution in [0.3, 0.4) is 0 Å². The van der Waals surface area contributed by atoms with Gasteiger partial charge in [-0.3, -0.25) is 0 Å². The van der Waals surface area contributed by atoms with Gasteiger partial charge in [0.05, 0.1) is 24.9 Å². The van der Waals surface area contributed by atoms with Gasteiger partial charge in [-0.05, 0) is 73.5 Å². The molecule has 188 valence electrons. The SMILES string of the molecule is CC1CCC2(OC1)OC1CC3C4CCC5(O)C(O)C(O)CC(O)C5(C)C4CCC3(C)C1C2C. The van der Waals surface area contributed by atoms with Crippen molar-refractivity contribution in [3.05, 3.63) is 0 Å². The van der Waals surface area contributed by atoms with Crippen LogP contribution in [0.15, 0.2) is 0 Å². The number of hydrogen-bond acceptors (Lipinski definition) is 6. The Morgan fingerprint density at radius 3 is 2.33 bits per heavy atom. The first kappa shape index (κ1) is 23.2. The lowest BCUT2D eigenvalue weighted by atomic mass is 9.41. The number of fused-ring (bicyclic) bond motifs is 7. The maximum Gasteiger partial charge on any atom is 0.171 e.